The van der Waals surface area contributed by atoms with E-state index in [4.69, 9.17) is 10.5 Å². The normalized spacial score (nSPS) is 11.7. The van der Waals surface area contributed by atoms with Crippen molar-refractivity contribution in [2.75, 3.05) is 12.4 Å². The van der Waals surface area contributed by atoms with Crippen molar-refractivity contribution in [3.63, 3.8) is 0 Å². The van der Waals surface area contributed by atoms with Gasteiger partial charge in [-0.15, -0.1) is 11.3 Å². The molecule has 128 valence electrons. The fraction of sp³-hybridized carbons (Fsp3) is 0.294. The highest BCUT2D eigenvalue weighted by molar-refractivity contribution is 7.12. The number of primary amides is 1. The number of aryl methyl sites for hydroxylation is 2. The van der Waals surface area contributed by atoms with Gasteiger partial charge in [-0.3, -0.25) is 4.79 Å². The SMILES string of the molecule is COc1ccc(C(N)=O)cc1NC(=O)N[C@H](C)c1cc(C)sc1C. The molecule has 0 aliphatic carbocycles. The molecule has 6 nitrogen and oxygen atoms in total. The average molecular weight is 347 g/mol. The van der Waals surface area contributed by atoms with Gasteiger partial charge in [0.1, 0.15) is 5.75 Å². The van der Waals surface area contributed by atoms with Crippen LogP contribution in [0.2, 0.25) is 0 Å². The first-order valence-corrected chi connectivity index (χ1v) is 8.25. The third kappa shape index (κ3) is 4.05. The zero-order valence-corrected chi connectivity index (χ0v) is 14.9. The maximum Gasteiger partial charge on any atom is 0.319 e. The van der Waals surface area contributed by atoms with Gasteiger partial charge in [-0.25, -0.2) is 4.79 Å². The molecule has 0 aliphatic heterocycles. The summed E-state index contributed by atoms with van der Waals surface area (Å²) in [6.07, 6.45) is 0. The van der Waals surface area contributed by atoms with Crippen LogP contribution in [0.5, 0.6) is 5.75 Å². The smallest absolute Gasteiger partial charge is 0.319 e. The number of anilines is 1. The van der Waals surface area contributed by atoms with Gasteiger partial charge in [0, 0.05) is 15.3 Å². The second-order valence-corrected chi connectivity index (χ2v) is 6.93. The van der Waals surface area contributed by atoms with Gasteiger partial charge in [0.05, 0.1) is 18.8 Å². The Hall–Kier alpha value is -2.54. The number of rotatable bonds is 5. The number of nitrogens with two attached hydrogens (primary N) is 1. The summed E-state index contributed by atoms with van der Waals surface area (Å²) in [7, 11) is 1.49. The van der Waals surface area contributed by atoms with E-state index in [1.54, 1.807) is 23.5 Å². The molecule has 7 heteroatoms. The molecule has 0 saturated heterocycles. The predicted molar refractivity (Wildman–Crippen MR) is 95.9 cm³/mol. The number of thiophene rings is 1. The Labute approximate surface area is 145 Å². The number of carbonyl (C=O) groups is 2. The Balaban J connectivity index is 2.13. The summed E-state index contributed by atoms with van der Waals surface area (Å²) in [4.78, 5) is 25.9. The van der Waals surface area contributed by atoms with Crippen LogP contribution in [0.25, 0.3) is 0 Å². The van der Waals surface area contributed by atoms with Gasteiger partial charge < -0.3 is 21.1 Å². The molecule has 0 radical (unpaired) electrons. The van der Waals surface area contributed by atoms with Crippen molar-refractivity contribution >= 4 is 29.0 Å². The van der Waals surface area contributed by atoms with Gasteiger partial charge in [-0.05, 0) is 50.6 Å². The van der Waals surface area contributed by atoms with E-state index >= 15 is 0 Å². The molecule has 24 heavy (non-hydrogen) atoms. The van der Waals surface area contributed by atoms with Crippen LogP contribution in [0.15, 0.2) is 24.3 Å². The molecule has 0 fully saturated rings. The van der Waals surface area contributed by atoms with E-state index in [-0.39, 0.29) is 12.1 Å². The fourth-order valence-electron chi connectivity index (χ4n) is 2.47. The van der Waals surface area contributed by atoms with E-state index in [9.17, 15) is 9.59 Å². The summed E-state index contributed by atoms with van der Waals surface area (Å²) in [5.74, 6) is -0.121. The van der Waals surface area contributed by atoms with E-state index < -0.39 is 5.91 Å². The van der Waals surface area contributed by atoms with Gasteiger partial charge in [0.15, 0.2) is 0 Å². The topological polar surface area (TPSA) is 93.4 Å². The molecule has 1 aromatic carbocycles. The van der Waals surface area contributed by atoms with Crippen LogP contribution in [0.4, 0.5) is 10.5 Å². The Bertz CT molecular complexity index is 770. The lowest BCUT2D eigenvalue weighted by Crippen LogP contribution is -2.31. The second-order valence-electron chi connectivity index (χ2n) is 5.47. The lowest BCUT2D eigenvalue weighted by atomic mass is 10.1. The molecule has 0 bridgehead atoms. The van der Waals surface area contributed by atoms with Crippen molar-refractivity contribution in [1.29, 1.82) is 0 Å². The van der Waals surface area contributed by atoms with Gasteiger partial charge in [-0.1, -0.05) is 0 Å². The van der Waals surface area contributed by atoms with Crippen molar-refractivity contribution in [2.24, 2.45) is 5.73 Å². The van der Waals surface area contributed by atoms with Gasteiger partial charge in [0.2, 0.25) is 5.91 Å². The molecule has 4 N–H and O–H groups in total. The number of amides is 3. The minimum absolute atomic E-state index is 0.139. The Morgan fingerprint density at radius 1 is 1.25 bits per heavy atom. The molecule has 1 aromatic heterocycles. The lowest BCUT2D eigenvalue weighted by molar-refractivity contribution is 0.1000. The number of carbonyl (C=O) groups excluding carboxylic acids is 2. The standard InChI is InChI=1S/C17H21N3O3S/c1-9-7-13(11(3)24-9)10(2)19-17(22)20-14-8-12(16(18)21)5-6-15(14)23-4/h5-8,10H,1-4H3,(H2,18,21)(H2,19,20,22)/t10-/m1/s1. The lowest BCUT2D eigenvalue weighted by Gasteiger charge is -2.16. The third-order valence-electron chi connectivity index (χ3n) is 3.63. The van der Waals surface area contributed by atoms with Crippen LogP contribution in [0.3, 0.4) is 0 Å². The largest absolute Gasteiger partial charge is 0.495 e. The second kappa shape index (κ2) is 7.35. The molecular formula is C17H21N3O3S. The van der Waals surface area contributed by atoms with Crippen molar-refractivity contribution in [3.05, 3.63) is 45.1 Å². The summed E-state index contributed by atoms with van der Waals surface area (Å²) in [5.41, 5.74) is 7.04. The van der Waals surface area contributed by atoms with Crippen molar-refractivity contribution in [1.82, 2.24) is 5.32 Å². The van der Waals surface area contributed by atoms with E-state index in [0.29, 0.717) is 17.0 Å². The van der Waals surface area contributed by atoms with E-state index in [2.05, 4.69) is 16.7 Å². The number of hydrogen-bond donors (Lipinski definition) is 3. The minimum atomic E-state index is -0.571. The molecular weight excluding hydrogens is 326 g/mol. The first-order valence-electron chi connectivity index (χ1n) is 7.44. The molecule has 0 aliphatic rings. The van der Waals surface area contributed by atoms with Crippen LogP contribution < -0.4 is 21.1 Å². The number of urea groups is 1. The van der Waals surface area contributed by atoms with Gasteiger partial charge >= 0.3 is 6.03 Å². The zero-order valence-electron chi connectivity index (χ0n) is 14.1. The van der Waals surface area contributed by atoms with Crippen LogP contribution in [0.1, 0.15) is 38.6 Å². The summed E-state index contributed by atoms with van der Waals surface area (Å²) < 4.78 is 5.20. The molecule has 1 heterocycles. The number of benzene rings is 1. The number of hydrogen-bond acceptors (Lipinski definition) is 4. The monoisotopic (exact) mass is 347 g/mol. The molecule has 3 amide bonds. The Kier molecular flexibility index (Phi) is 5.46. The highest BCUT2D eigenvalue weighted by Crippen LogP contribution is 2.27. The predicted octanol–water partition coefficient (Wildman–Crippen LogP) is 3.36. The summed E-state index contributed by atoms with van der Waals surface area (Å²) >= 11 is 1.70. The molecule has 0 spiro atoms. The molecule has 1 atom stereocenters. The zero-order chi connectivity index (χ0) is 17.9. The van der Waals surface area contributed by atoms with Crippen LogP contribution in [-0.4, -0.2) is 19.0 Å². The maximum atomic E-state index is 12.3. The highest BCUT2D eigenvalue weighted by atomic mass is 32.1. The Morgan fingerprint density at radius 3 is 2.50 bits per heavy atom. The first-order chi connectivity index (χ1) is 11.3. The van der Waals surface area contributed by atoms with Crippen LogP contribution in [0, 0.1) is 13.8 Å². The van der Waals surface area contributed by atoms with E-state index in [1.807, 2.05) is 20.8 Å². The summed E-state index contributed by atoms with van der Waals surface area (Å²) in [6.45, 7) is 5.99. The van der Waals surface area contributed by atoms with Crippen LogP contribution in [-0.2, 0) is 0 Å². The molecule has 2 aromatic rings. The van der Waals surface area contributed by atoms with E-state index in [0.717, 1.165) is 5.56 Å². The highest BCUT2D eigenvalue weighted by Gasteiger charge is 2.16. The number of nitrogens with one attached hydrogen (secondary N) is 2. The quantitative estimate of drug-likeness (QED) is 0.774. The van der Waals surface area contributed by atoms with E-state index in [1.165, 1.54) is 22.9 Å². The van der Waals surface area contributed by atoms with Crippen molar-refractivity contribution < 1.29 is 14.3 Å². The third-order valence-corrected chi connectivity index (χ3v) is 4.61. The maximum absolute atomic E-state index is 12.3. The van der Waals surface area contributed by atoms with Crippen molar-refractivity contribution in [2.45, 2.75) is 26.8 Å². The molecule has 0 saturated carbocycles. The first kappa shape index (κ1) is 17.8. The number of methoxy groups -OCH3 is 1. The minimum Gasteiger partial charge on any atom is -0.495 e. The molecule has 2 rings (SSSR count). The van der Waals surface area contributed by atoms with Crippen molar-refractivity contribution in [3.8, 4) is 5.75 Å². The summed E-state index contributed by atoms with van der Waals surface area (Å²) in [5, 5.41) is 5.59. The van der Waals surface area contributed by atoms with Crippen LogP contribution >= 0.6 is 11.3 Å². The fourth-order valence-corrected chi connectivity index (χ4v) is 3.49. The molecule has 0 unspecified atom stereocenters. The van der Waals surface area contributed by atoms with Gasteiger partial charge in [-0.2, -0.15) is 0 Å². The number of ether oxygens (including phenoxy) is 1. The Morgan fingerprint density at radius 2 is 1.96 bits per heavy atom. The summed E-state index contributed by atoms with van der Waals surface area (Å²) in [6, 6.07) is 6.17. The van der Waals surface area contributed by atoms with Gasteiger partial charge in [0.25, 0.3) is 0 Å². The average Bonchev–Trinajstić information content (AvgIpc) is 2.85.